The van der Waals surface area contributed by atoms with Gasteiger partial charge in [-0.3, -0.25) is 0 Å². The molecular weight excluding hydrogens is 530 g/mol. The van der Waals surface area contributed by atoms with E-state index in [1.165, 1.54) is 5.56 Å². The second kappa shape index (κ2) is 7.49. The second-order valence-corrected chi connectivity index (χ2v) is 7.98. The molecule has 6 heteroatoms. The van der Waals surface area contributed by atoms with E-state index in [2.05, 4.69) is 82.0 Å². The van der Waals surface area contributed by atoms with Gasteiger partial charge in [-0.15, -0.1) is 0 Å². The van der Waals surface area contributed by atoms with Crippen molar-refractivity contribution in [2.45, 2.75) is 13.0 Å². The number of halogens is 4. The van der Waals surface area contributed by atoms with Gasteiger partial charge in [0.15, 0.2) is 0 Å². The Morgan fingerprint density at radius 2 is 1.67 bits per heavy atom. The van der Waals surface area contributed by atoms with Crippen molar-refractivity contribution in [1.82, 2.24) is 0 Å². The van der Waals surface area contributed by atoms with E-state index in [0.717, 1.165) is 29.3 Å². The quantitative estimate of drug-likeness (QED) is 0.453. The molecule has 0 aromatic heterocycles. The van der Waals surface area contributed by atoms with Crippen LogP contribution in [0.4, 0.5) is 5.69 Å². The topological polar surface area (TPSA) is 21.3 Å². The van der Waals surface area contributed by atoms with Crippen molar-refractivity contribution in [2.75, 3.05) is 12.4 Å². The number of ether oxygens (including phenoxy) is 1. The zero-order valence-electron chi connectivity index (χ0n) is 11.4. The van der Waals surface area contributed by atoms with Crippen LogP contribution in [-0.2, 0) is 0 Å². The lowest BCUT2D eigenvalue weighted by molar-refractivity contribution is 0.412. The van der Waals surface area contributed by atoms with Crippen molar-refractivity contribution >= 4 is 69.4 Å². The number of hydrogen-bond donors (Lipinski definition) is 1. The Labute approximate surface area is 158 Å². The maximum atomic E-state index is 5.34. The fourth-order valence-electron chi connectivity index (χ4n) is 1.96. The Bertz CT molecular complexity index is 660. The molecule has 2 rings (SSSR count). The number of anilines is 1. The molecule has 2 nitrogen and oxygen atoms in total. The summed E-state index contributed by atoms with van der Waals surface area (Å²) in [5.41, 5.74) is 2.17. The normalized spacial score (nSPS) is 12.1. The third-order valence-electron chi connectivity index (χ3n) is 3.04. The van der Waals surface area contributed by atoms with Crippen molar-refractivity contribution in [3.8, 4) is 5.75 Å². The summed E-state index contributed by atoms with van der Waals surface area (Å²) in [7, 11) is 1.66. The van der Waals surface area contributed by atoms with Crippen LogP contribution in [0.15, 0.2) is 48.2 Å². The molecule has 112 valence electrons. The van der Waals surface area contributed by atoms with Gasteiger partial charge in [0.25, 0.3) is 0 Å². The van der Waals surface area contributed by atoms with Crippen LogP contribution in [0.5, 0.6) is 5.75 Å². The van der Waals surface area contributed by atoms with E-state index in [9.17, 15) is 0 Å². The highest BCUT2D eigenvalue weighted by Crippen LogP contribution is 2.37. The highest BCUT2D eigenvalue weighted by molar-refractivity contribution is 9.11. The third-order valence-corrected chi connectivity index (χ3v) is 5.50. The van der Waals surface area contributed by atoms with Gasteiger partial charge < -0.3 is 10.1 Å². The number of benzene rings is 2. The second-order valence-electron chi connectivity index (χ2n) is 4.50. The summed E-state index contributed by atoms with van der Waals surface area (Å²) in [5, 5.41) is 3.50. The van der Waals surface area contributed by atoms with Gasteiger partial charge in [-0.25, -0.2) is 0 Å². The molecule has 0 radical (unpaired) electrons. The summed E-state index contributed by atoms with van der Waals surface area (Å²) in [5.74, 6) is 0.794. The SMILES string of the molecule is COc1cc(NC(C)c2ccc(Br)cc2Br)c(Br)cc1Br. The zero-order chi connectivity index (χ0) is 15.6. The minimum Gasteiger partial charge on any atom is -0.495 e. The van der Waals surface area contributed by atoms with Crippen molar-refractivity contribution < 1.29 is 4.74 Å². The molecule has 0 saturated carbocycles. The monoisotopic (exact) mass is 539 g/mol. The number of nitrogens with one attached hydrogen (secondary N) is 1. The Hall–Kier alpha value is -0.0400. The van der Waals surface area contributed by atoms with E-state index < -0.39 is 0 Å². The molecule has 1 atom stereocenters. The average Bonchev–Trinajstić information content (AvgIpc) is 2.41. The van der Waals surface area contributed by atoms with E-state index in [0.29, 0.717) is 0 Å². The van der Waals surface area contributed by atoms with Crippen molar-refractivity contribution in [1.29, 1.82) is 0 Å². The van der Waals surface area contributed by atoms with Gasteiger partial charge in [0.2, 0.25) is 0 Å². The van der Waals surface area contributed by atoms with E-state index in [1.807, 2.05) is 24.3 Å². The van der Waals surface area contributed by atoms with Gasteiger partial charge in [-0.05, 0) is 62.5 Å². The van der Waals surface area contributed by atoms with Crippen molar-refractivity contribution in [3.05, 3.63) is 53.8 Å². The Kier molecular flexibility index (Phi) is 6.17. The fraction of sp³-hybridized carbons (Fsp3) is 0.200. The molecular formula is C15H13Br4NO. The summed E-state index contributed by atoms with van der Waals surface area (Å²) < 4.78 is 9.36. The molecule has 0 heterocycles. The van der Waals surface area contributed by atoms with Gasteiger partial charge in [-0.2, -0.15) is 0 Å². The van der Waals surface area contributed by atoms with Gasteiger partial charge in [-0.1, -0.05) is 37.9 Å². The minimum atomic E-state index is 0.148. The number of rotatable bonds is 4. The van der Waals surface area contributed by atoms with Crippen LogP contribution in [0.1, 0.15) is 18.5 Å². The fourth-order valence-corrected chi connectivity index (χ4v) is 4.62. The lowest BCUT2D eigenvalue weighted by Crippen LogP contribution is -2.08. The van der Waals surface area contributed by atoms with Gasteiger partial charge in [0, 0.05) is 25.5 Å². The molecule has 2 aromatic carbocycles. The zero-order valence-corrected chi connectivity index (χ0v) is 17.7. The van der Waals surface area contributed by atoms with Crippen LogP contribution in [0.25, 0.3) is 0 Å². The van der Waals surface area contributed by atoms with Crippen molar-refractivity contribution in [2.24, 2.45) is 0 Å². The molecule has 0 aliphatic rings. The largest absolute Gasteiger partial charge is 0.495 e. The van der Waals surface area contributed by atoms with E-state index in [-0.39, 0.29) is 6.04 Å². The first kappa shape index (κ1) is 17.3. The molecule has 0 fully saturated rings. The maximum absolute atomic E-state index is 5.34. The maximum Gasteiger partial charge on any atom is 0.135 e. The molecule has 0 aliphatic carbocycles. The number of hydrogen-bond acceptors (Lipinski definition) is 2. The molecule has 21 heavy (non-hydrogen) atoms. The first-order chi connectivity index (χ1) is 9.92. The highest BCUT2D eigenvalue weighted by atomic mass is 79.9. The summed E-state index contributed by atoms with van der Waals surface area (Å²) in [6.07, 6.45) is 0. The molecule has 0 spiro atoms. The van der Waals surface area contributed by atoms with Crippen LogP contribution < -0.4 is 10.1 Å². The van der Waals surface area contributed by atoms with Crippen LogP contribution in [-0.4, -0.2) is 7.11 Å². The predicted molar refractivity (Wildman–Crippen MR) is 102 cm³/mol. The molecule has 0 bridgehead atoms. The summed E-state index contributed by atoms with van der Waals surface area (Å²) in [6.45, 7) is 2.12. The first-order valence-electron chi connectivity index (χ1n) is 6.17. The third kappa shape index (κ3) is 4.24. The lowest BCUT2D eigenvalue weighted by Gasteiger charge is -2.19. The van der Waals surface area contributed by atoms with Crippen LogP contribution in [0.3, 0.4) is 0 Å². The van der Waals surface area contributed by atoms with Gasteiger partial charge in [0.1, 0.15) is 5.75 Å². The molecule has 0 amide bonds. The van der Waals surface area contributed by atoms with Crippen LogP contribution in [0, 0.1) is 0 Å². The van der Waals surface area contributed by atoms with E-state index >= 15 is 0 Å². The van der Waals surface area contributed by atoms with Crippen molar-refractivity contribution in [3.63, 3.8) is 0 Å². The standard InChI is InChI=1S/C15H13Br4NO/c1-8(10-4-3-9(16)5-11(10)17)20-14-7-15(21-2)13(19)6-12(14)18/h3-8,20H,1-2H3. The average molecular weight is 543 g/mol. The smallest absolute Gasteiger partial charge is 0.135 e. The summed E-state index contributed by atoms with van der Waals surface area (Å²) in [4.78, 5) is 0. The molecule has 2 aromatic rings. The van der Waals surface area contributed by atoms with Crippen LogP contribution in [0.2, 0.25) is 0 Å². The van der Waals surface area contributed by atoms with Gasteiger partial charge in [0.05, 0.1) is 17.3 Å². The Morgan fingerprint density at radius 3 is 2.29 bits per heavy atom. The molecule has 1 unspecified atom stereocenters. The van der Waals surface area contributed by atoms with Gasteiger partial charge >= 0.3 is 0 Å². The predicted octanol–water partition coefficient (Wildman–Crippen LogP) is 6.92. The molecule has 0 saturated heterocycles. The summed E-state index contributed by atoms with van der Waals surface area (Å²) >= 11 is 14.1. The van der Waals surface area contributed by atoms with Crippen LogP contribution >= 0.6 is 63.7 Å². The minimum absolute atomic E-state index is 0.148. The molecule has 0 aliphatic heterocycles. The first-order valence-corrected chi connectivity index (χ1v) is 9.34. The summed E-state index contributed by atoms with van der Waals surface area (Å²) in [6, 6.07) is 10.3. The Balaban J connectivity index is 2.29. The van der Waals surface area contributed by atoms with E-state index in [1.54, 1.807) is 7.11 Å². The Morgan fingerprint density at radius 1 is 0.952 bits per heavy atom. The number of methoxy groups -OCH3 is 1. The van der Waals surface area contributed by atoms with E-state index in [4.69, 9.17) is 4.74 Å². The molecule has 1 N–H and O–H groups in total. The lowest BCUT2D eigenvalue weighted by atomic mass is 10.1. The highest BCUT2D eigenvalue weighted by Gasteiger charge is 2.13.